The van der Waals surface area contributed by atoms with Crippen LogP contribution in [-0.2, 0) is 16.4 Å². The molecule has 3 nitrogen and oxygen atoms in total. The number of aryl methyl sites for hydroxylation is 2. The smallest absolute Gasteiger partial charge is 0.148 e. The molecule has 0 aromatic heterocycles. The maximum absolute atomic E-state index is 10.9. The van der Waals surface area contributed by atoms with Gasteiger partial charge in [0.1, 0.15) is 9.84 Å². The van der Waals surface area contributed by atoms with Crippen LogP contribution >= 0.6 is 0 Å². The van der Waals surface area contributed by atoms with Crippen LogP contribution in [0.4, 0.5) is 0 Å². The van der Waals surface area contributed by atoms with Crippen molar-refractivity contribution < 1.29 is 8.42 Å². The fourth-order valence-electron chi connectivity index (χ4n) is 1.47. The Morgan fingerprint density at radius 2 is 1.94 bits per heavy atom. The van der Waals surface area contributed by atoms with E-state index in [-0.39, 0.29) is 5.75 Å². The molecule has 1 rings (SSSR count). The van der Waals surface area contributed by atoms with Gasteiger partial charge in [-0.3, -0.25) is 0 Å². The maximum Gasteiger partial charge on any atom is 0.148 e. The van der Waals surface area contributed by atoms with E-state index >= 15 is 0 Å². The molecule has 0 saturated heterocycles. The van der Waals surface area contributed by atoms with Crippen molar-refractivity contribution in [3.63, 3.8) is 0 Å². The molecule has 1 aromatic rings. The van der Waals surface area contributed by atoms with Gasteiger partial charge in [-0.2, -0.15) is 0 Å². The minimum absolute atomic E-state index is 0.192. The molecule has 0 heterocycles. The second-order valence-electron chi connectivity index (χ2n) is 4.24. The molecule has 1 N–H and O–H groups in total. The SMILES string of the molecule is Cc1ccc(C)c(CNCCS(C)(=O)=O)c1. The molecule has 0 bridgehead atoms. The molecule has 1 aromatic carbocycles. The number of hydrogen-bond acceptors (Lipinski definition) is 3. The molecule has 0 spiro atoms. The van der Waals surface area contributed by atoms with Gasteiger partial charge in [0.25, 0.3) is 0 Å². The Morgan fingerprint density at radius 3 is 2.56 bits per heavy atom. The highest BCUT2D eigenvalue weighted by Gasteiger charge is 2.02. The van der Waals surface area contributed by atoms with Gasteiger partial charge in [0.15, 0.2) is 0 Å². The highest BCUT2D eigenvalue weighted by atomic mass is 32.2. The van der Waals surface area contributed by atoms with Gasteiger partial charge in [-0.25, -0.2) is 8.42 Å². The van der Waals surface area contributed by atoms with Crippen molar-refractivity contribution in [2.45, 2.75) is 20.4 Å². The molecule has 4 heteroatoms. The van der Waals surface area contributed by atoms with Gasteiger partial charge in [-0.05, 0) is 25.0 Å². The average molecular weight is 241 g/mol. The number of nitrogens with one attached hydrogen (secondary N) is 1. The van der Waals surface area contributed by atoms with Crippen LogP contribution in [0.2, 0.25) is 0 Å². The quantitative estimate of drug-likeness (QED) is 0.793. The zero-order valence-electron chi connectivity index (χ0n) is 10.1. The van der Waals surface area contributed by atoms with Crippen molar-refractivity contribution in [1.29, 1.82) is 0 Å². The van der Waals surface area contributed by atoms with Gasteiger partial charge in [0.2, 0.25) is 0 Å². The van der Waals surface area contributed by atoms with E-state index in [2.05, 4.69) is 37.4 Å². The Kier molecular flexibility index (Phi) is 4.50. The summed E-state index contributed by atoms with van der Waals surface area (Å²) in [5.74, 6) is 0.192. The fraction of sp³-hybridized carbons (Fsp3) is 0.500. The zero-order valence-corrected chi connectivity index (χ0v) is 10.9. The second kappa shape index (κ2) is 5.46. The molecule has 0 atom stereocenters. The molecule has 0 saturated carbocycles. The van der Waals surface area contributed by atoms with Gasteiger partial charge in [-0.1, -0.05) is 23.8 Å². The van der Waals surface area contributed by atoms with E-state index in [1.54, 1.807) is 0 Å². The van der Waals surface area contributed by atoms with E-state index < -0.39 is 9.84 Å². The van der Waals surface area contributed by atoms with Crippen molar-refractivity contribution in [1.82, 2.24) is 5.32 Å². The van der Waals surface area contributed by atoms with Crippen molar-refractivity contribution in [3.8, 4) is 0 Å². The summed E-state index contributed by atoms with van der Waals surface area (Å²) >= 11 is 0. The zero-order chi connectivity index (χ0) is 12.2. The Morgan fingerprint density at radius 1 is 1.25 bits per heavy atom. The minimum Gasteiger partial charge on any atom is -0.312 e. The molecule has 0 aliphatic rings. The summed E-state index contributed by atoms with van der Waals surface area (Å²) in [5.41, 5.74) is 3.69. The summed E-state index contributed by atoms with van der Waals surface area (Å²) in [7, 11) is -2.86. The lowest BCUT2D eigenvalue weighted by Gasteiger charge is -2.08. The van der Waals surface area contributed by atoms with Crippen LogP contribution in [0.15, 0.2) is 18.2 Å². The highest BCUT2D eigenvalue weighted by molar-refractivity contribution is 7.90. The maximum atomic E-state index is 10.9. The van der Waals surface area contributed by atoms with Crippen molar-refractivity contribution in [2.24, 2.45) is 0 Å². The molecule has 90 valence electrons. The first-order chi connectivity index (χ1) is 7.38. The average Bonchev–Trinajstić information content (AvgIpc) is 2.16. The summed E-state index contributed by atoms with van der Waals surface area (Å²) in [6.45, 7) is 5.35. The third kappa shape index (κ3) is 4.77. The molecular formula is C12H19NO2S. The summed E-state index contributed by atoms with van der Waals surface area (Å²) in [6, 6.07) is 6.29. The van der Waals surface area contributed by atoms with E-state index in [4.69, 9.17) is 0 Å². The topological polar surface area (TPSA) is 46.2 Å². The number of rotatable bonds is 5. The molecule has 0 amide bonds. The molecular weight excluding hydrogens is 222 g/mol. The predicted molar refractivity (Wildman–Crippen MR) is 67.3 cm³/mol. The largest absolute Gasteiger partial charge is 0.312 e. The first-order valence-corrected chi connectivity index (χ1v) is 7.39. The first kappa shape index (κ1) is 13.2. The number of benzene rings is 1. The monoisotopic (exact) mass is 241 g/mol. The molecule has 16 heavy (non-hydrogen) atoms. The standard InChI is InChI=1S/C12H19NO2S/c1-10-4-5-11(2)12(8-10)9-13-6-7-16(3,14)15/h4-5,8,13H,6-7,9H2,1-3H3. The first-order valence-electron chi connectivity index (χ1n) is 5.33. The van der Waals surface area contributed by atoms with E-state index in [1.165, 1.54) is 22.9 Å². The van der Waals surface area contributed by atoms with E-state index in [0.29, 0.717) is 6.54 Å². The fourth-order valence-corrected chi connectivity index (χ4v) is 1.99. The van der Waals surface area contributed by atoms with Gasteiger partial charge in [0, 0.05) is 19.3 Å². The molecule has 0 aliphatic carbocycles. The van der Waals surface area contributed by atoms with Crippen LogP contribution in [0.3, 0.4) is 0 Å². The van der Waals surface area contributed by atoms with Crippen molar-refractivity contribution in [3.05, 3.63) is 34.9 Å². The normalized spacial score (nSPS) is 11.7. The Hall–Kier alpha value is -0.870. The Bertz CT molecular complexity index is 452. The van der Waals surface area contributed by atoms with Gasteiger partial charge in [-0.15, -0.1) is 0 Å². The Labute approximate surface area is 97.8 Å². The van der Waals surface area contributed by atoms with Gasteiger partial charge < -0.3 is 5.32 Å². The van der Waals surface area contributed by atoms with Gasteiger partial charge in [0.05, 0.1) is 5.75 Å². The van der Waals surface area contributed by atoms with Crippen LogP contribution in [0.25, 0.3) is 0 Å². The molecule has 0 radical (unpaired) electrons. The lowest BCUT2D eigenvalue weighted by molar-refractivity contribution is 0.596. The van der Waals surface area contributed by atoms with Crippen LogP contribution < -0.4 is 5.32 Å². The van der Waals surface area contributed by atoms with Gasteiger partial charge >= 0.3 is 0 Å². The third-order valence-corrected chi connectivity index (χ3v) is 3.42. The van der Waals surface area contributed by atoms with E-state index in [9.17, 15) is 8.42 Å². The minimum atomic E-state index is -2.86. The summed E-state index contributed by atoms with van der Waals surface area (Å²) < 4.78 is 21.8. The van der Waals surface area contributed by atoms with E-state index in [0.717, 1.165) is 6.54 Å². The summed E-state index contributed by atoms with van der Waals surface area (Å²) in [5, 5.41) is 3.15. The summed E-state index contributed by atoms with van der Waals surface area (Å²) in [4.78, 5) is 0. The number of sulfone groups is 1. The van der Waals surface area contributed by atoms with Crippen molar-refractivity contribution in [2.75, 3.05) is 18.6 Å². The highest BCUT2D eigenvalue weighted by Crippen LogP contribution is 2.09. The molecule has 0 fully saturated rings. The Balaban J connectivity index is 2.46. The van der Waals surface area contributed by atoms with Crippen LogP contribution in [0.5, 0.6) is 0 Å². The lowest BCUT2D eigenvalue weighted by atomic mass is 10.1. The van der Waals surface area contributed by atoms with Crippen LogP contribution in [0.1, 0.15) is 16.7 Å². The molecule has 0 unspecified atom stereocenters. The lowest BCUT2D eigenvalue weighted by Crippen LogP contribution is -2.22. The van der Waals surface area contributed by atoms with Crippen molar-refractivity contribution >= 4 is 9.84 Å². The number of hydrogen-bond donors (Lipinski definition) is 1. The van der Waals surface area contributed by atoms with Crippen LogP contribution in [0, 0.1) is 13.8 Å². The van der Waals surface area contributed by atoms with E-state index in [1.807, 2.05) is 0 Å². The third-order valence-electron chi connectivity index (χ3n) is 2.47. The predicted octanol–water partition coefficient (Wildman–Crippen LogP) is 1.44. The second-order valence-corrected chi connectivity index (χ2v) is 6.50. The molecule has 0 aliphatic heterocycles. The van der Waals surface area contributed by atoms with Crippen LogP contribution in [-0.4, -0.2) is 27.0 Å². The summed E-state index contributed by atoms with van der Waals surface area (Å²) in [6.07, 6.45) is 1.26.